The van der Waals surface area contributed by atoms with E-state index < -0.39 is 17.7 Å². The van der Waals surface area contributed by atoms with Gasteiger partial charge in [-0.05, 0) is 65.3 Å². The summed E-state index contributed by atoms with van der Waals surface area (Å²) >= 11 is 6.17. The molecule has 0 saturated carbocycles. The number of halogens is 1. The summed E-state index contributed by atoms with van der Waals surface area (Å²) < 4.78 is 12.1. The molecule has 28 heavy (non-hydrogen) atoms. The fraction of sp³-hybridized carbons (Fsp3) is 0.450. The van der Waals surface area contributed by atoms with Crippen molar-refractivity contribution in [3.05, 3.63) is 46.2 Å². The van der Waals surface area contributed by atoms with Gasteiger partial charge < -0.3 is 14.8 Å². The second-order valence-corrected chi connectivity index (χ2v) is 7.74. The van der Waals surface area contributed by atoms with Crippen LogP contribution in [-0.4, -0.2) is 40.6 Å². The Kier molecular flexibility index (Phi) is 7.07. The molecule has 0 radical (unpaired) electrons. The molecule has 0 saturated heterocycles. The number of benzene rings is 1. The Bertz CT molecular complexity index is 838. The highest BCUT2D eigenvalue weighted by Crippen LogP contribution is 2.22. The largest absolute Gasteiger partial charge is 0.462 e. The lowest BCUT2D eigenvalue weighted by atomic mass is 10.2. The van der Waals surface area contributed by atoms with Crippen molar-refractivity contribution >= 4 is 23.7 Å². The van der Waals surface area contributed by atoms with Crippen molar-refractivity contribution in [1.29, 1.82) is 0 Å². The van der Waals surface area contributed by atoms with Crippen LogP contribution in [0.4, 0.5) is 4.79 Å². The number of carbonyl (C=O) groups is 2. The molecule has 0 aliphatic heterocycles. The van der Waals surface area contributed by atoms with Crippen LogP contribution in [0.5, 0.6) is 0 Å². The number of ether oxygens (including phenoxy) is 2. The normalized spacial score (nSPS) is 11.2. The highest BCUT2D eigenvalue weighted by Gasteiger charge is 2.16. The van der Waals surface area contributed by atoms with Crippen LogP contribution >= 0.6 is 11.6 Å². The number of hydrogen-bond donors (Lipinski definition) is 1. The standard InChI is InChI=1S/C20H26ClN3O4/c1-13-17(21)14(2)24(23-13)16-9-7-15(8-10-16)18(25)27-12-6-11-22-19(26)28-20(3,4)5/h7-10H,6,11-12H2,1-5H3,(H,22,26). The monoisotopic (exact) mass is 407 g/mol. The third kappa shape index (κ3) is 5.99. The molecule has 0 aliphatic rings. The van der Waals surface area contributed by atoms with Crippen molar-refractivity contribution in [2.24, 2.45) is 0 Å². The molecular weight excluding hydrogens is 382 g/mol. The van der Waals surface area contributed by atoms with E-state index in [2.05, 4.69) is 10.4 Å². The molecule has 2 rings (SSSR count). The number of carbonyl (C=O) groups excluding carboxylic acids is 2. The van der Waals surface area contributed by atoms with E-state index in [1.807, 2.05) is 13.8 Å². The number of nitrogens with zero attached hydrogens (tertiary/aromatic N) is 2. The molecule has 1 aromatic heterocycles. The van der Waals surface area contributed by atoms with E-state index in [1.54, 1.807) is 49.7 Å². The Morgan fingerprint density at radius 3 is 2.36 bits per heavy atom. The third-order valence-electron chi connectivity index (χ3n) is 3.77. The van der Waals surface area contributed by atoms with Crippen molar-refractivity contribution in [3.8, 4) is 5.69 Å². The van der Waals surface area contributed by atoms with Crippen LogP contribution in [-0.2, 0) is 9.47 Å². The first-order chi connectivity index (χ1) is 13.1. The Hall–Kier alpha value is -2.54. The van der Waals surface area contributed by atoms with E-state index in [-0.39, 0.29) is 6.61 Å². The van der Waals surface area contributed by atoms with E-state index in [0.29, 0.717) is 23.6 Å². The van der Waals surface area contributed by atoms with Gasteiger partial charge in [0.1, 0.15) is 5.60 Å². The number of aromatic nitrogens is 2. The summed E-state index contributed by atoms with van der Waals surface area (Å²) in [5.41, 5.74) is 2.30. The van der Waals surface area contributed by atoms with Crippen LogP contribution in [0.25, 0.3) is 5.69 Å². The number of nitrogens with one attached hydrogen (secondary N) is 1. The fourth-order valence-corrected chi connectivity index (χ4v) is 2.56. The van der Waals surface area contributed by atoms with E-state index in [0.717, 1.165) is 17.1 Å². The van der Waals surface area contributed by atoms with E-state index in [9.17, 15) is 9.59 Å². The Morgan fingerprint density at radius 2 is 1.82 bits per heavy atom. The van der Waals surface area contributed by atoms with Crippen LogP contribution < -0.4 is 5.32 Å². The fourth-order valence-electron chi connectivity index (χ4n) is 2.44. The van der Waals surface area contributed by atoms with Gasteiger partial charge in [-0.3, -0.25) is 0 Å². The topological polar surface area (TPSA) is 82.5 Å². The lowest BCUT2D eigenvalue weighted by molar-refractivity contribution is 0.0483. The molecule has 0 spiro atoms. The first-order valence-corrected chi connectivity index (χ1v) is 9.42. The van der Waals surface area contributed by atoms with Gasteiger partial charge >= 0.3 is 12.1 Å². The SMILES string of the molecule is Cc1nn(-c2ccc(C(=O)OCCCNC(=O)OC(C)(C)C)cc2)c(C)c1Cl. The van der Waals surface area contributed by atoms with Gasteiger partial charge in [-0.1, -0.05) is 11.6 Å². The summed E-state index contributed by atoms with van der Waals surface area (Å²) in [6, 6.07) is 6.94. The van der Waals surface area contributed by atoms with Crippen LogP contribution in [0.1, 0.15) is 48.9 Å². The highest BCUT2D eigenvalue weighted by atomic mass is 35.5. The van der Waals surface area contributed by atoms with Gasteiger partial charge in [-0.2, -0.15) is 5.10 Å². The minimum absolute atomic E-state index is 0.198. The smallest absolute Gasteiger partial charge is 0.407 e. The molecular formula is C20H26ClN3O4. The third-order valence-corrected chi connectivity index (χ3v) is 4.32. The van der Waals surface area contributed by atoms with Crippen molar-refractivity contribution in [3.63, 3.8) is 0 Å². The Labute approximate surface area is 170 Å². The van der Waals surface area contributed by atoms with Crippen molar-refractivity contribution in [1.82, 2.24) is 15.1 Å². The molecule has 2 aromatic rings. The average Bonchev–Trinajstić information content (AvgIpc) is 2.87. The van der Waals surface area contributed by atoms with Crippen LogP contribution in [0.3, 0.4) is 0 Å². The van der Waals surface area contributed by atoms with Gasteiger partial charge in [0.15, 0.2) is 0 Å². The van der Waals surface area contributed by atoms with E-state index >= 15 is 0 Å². The lowest BCUT2D eigenvalue weighted by Gasteiger charge is -2.19. The molecule has 1 aromatic carbocycles. The molecule has 1 amide bonds. The number of amides is 1. The molecule has 0 atom stereocenters. The predicted octanol–water partition coefficient (Wildman–Crippen LogP) is 4.21. The van der Waals surface area contributed by atoms with E-state index in [4.69, 9.17) is 21.1 Å². The molecule has 152 valence electrons. The number of rotatable bonds is 6. The van der Waals surface area contributed by atoms with Crippen molar-refractivity contribution in [2.45, 2.75) is 46.6 Å². The van der Waals surface area contributed by atoms with Crippen LogP contribution in [0, 0.1) is 13.8 Å². The Balaban J connectivity index is 1.80. The summed E-state index contributed by atoms with van der Waals surface area (Å²) in [5.74, 6) is -0.421. The predicted molar refractivity (Wildman–Crippen MR) is 107 cm³/mol. The molecule has 0 bridgehead atoms. The summed E-state index contributed by atoms with van der Waals surface area (Å²) in [5, 5.41) is 7.63. The van der Waals surface area contributed by atoms with Crippen LogP contribution in [0.2, 0.25) is 5.02 Å². The van der Waals surface area contributed by atoms with Crippen molar-refractivity contribution in [2.75, 3.05) is 13.2 Å². The maximum atomic E-state index is 12.1. The minimum Gasteiger partial charge on any atom is -0.462 e. The Morgan fingerprint density at radius 1 is 1.18 bits per heavy atom. The second-order valence-electron chi connectivity index (χ2n) is 7.36. The zero-order valence-electron chi connectivity index (χ0n) is 16.8. The molecule has 1 N–H and O–H groups in total. The maximum Gasteiger partial charge on any atom is 0.407 e. The van der Waals surface area contributed by atoms with E-state index in [1.165, 1.54) is 0 Å². The molecule has 7 nitrogen and oxygen atoms in total. The molecule has 1 heterocycles. The highest BCUT2D eigenvalue weighted by molar-refractivity contribution is 6.31. The molecule has 8 heteroatoms. The summed E-state index contributed by atoms with van der Waals surface area (Å²) in [7, 11) is 0. The van der Waals surface area contributed by atoms with Gasteiger partial charge in [0.05, 0.1) is 34.3 Å². The molecule has 0 aliphatic carbocycles. The number of hydrogen-bond acceptors (Lipinski definition) is 5. The lowest BCUT2D eigenvalue weighted by Crippen LogP contribution is -2.33. The van der Waals surface area contributed by atoms with Gasteiger partial charge in [0, 0.05) is 6.54 Å². The summed E-state index contributed by atoms with van der Waals surface area (Å²) in [6.07, 6.45) is 0.00603. The number of esters is 1. The second kappa shape index (κ2) is 9.10. The quantitative estimate of drug-likeness (QED) is 0.572. The maximum absolute atomic E-state index is 12.1. The molecule has 0 fully saturated rings. The van der Waals surface area contributed by atoms with Gasteiger partial charge in [-0.25, -0.2) is 14.3 Å². The zero-order valence-corrected chi connectivity index (χ0v) is 17.6. The van der Waals surface area contributed by atoms with Crippen LogP contribution in [0.15, 0.2) is 24.3 Å². The van der Waals surface area contributed by atoms with Gasteiger partial charge in [0.25, 0.3) is 0 Å². The minimum atomic E-state index is -0.540. The first kappa shape index (κ1) is 21.8. The van der Waals surface area contributed by atoms with Gasteiger partial charge in [0.2, 0.25) is 0 Å². The van der Waals surface area contributed by atoms with Gasteiger partial charge in [-0.15, -0.1) is 0 Å². The average molecular weight is 408 g/mol. The first-order valence-electron chi connectivity index (χ1n) is 9.04. The van der Waals surface area contributed by atoms with Crippen molar-refractivity contribution < 1.29 is 19.1 Å². The molecule has 0 unspecified atom stereocenters. The summed E-state index contributed by atoms with van der Waals surface area (Å²) in [6.45, 7) is 9.67. The number of alkyl carbamates (subject to hydrolysis) is 1. The zero-order chi connectivity index (χ0) is 20.9. The number of aryl methyl sites for hydroxylation is 1. The summed E-state index contributed by atoms with van der Waals surface area (Å²) in [4.78, 5) is 23.6.